The highest BCUT2D eigenvalue weighted by molar-refractivity contribution is 9.10. The fourth-order valence-electron chi connectivity index (χ4n) is 2.88. The highest BCUT2D eigenvalue weighted by Crippen LogP contribution is 2.17. The maximum atomic E-state index is 4.48. The first kappa shape index (κ1) is 14.8. The van der Waals surface area contributed by atoms with Gasteiger partial charge in [0.05, 0.1) is 4.47 Å². The second kappa shape index (κ2) is 7.22. The van der Waals surface area contributed by atoms with Crippen LogP contribution >= 0.6 is 15.9 Å². The molecule has 1 aliphatic rings. The number of pyridine rings is 1. The molecule has 6 heteroatoms. The van der Waals surface area contributed by atoms with Gasteiger partial charge in [-0.2, -0.15) is 4.98 Å². The lowest BCUT2D eigenvalue weighted by atomic mass is 10.1. The molecule has 3 rings (SSSR count). The summed E-state index contributed by atoms with van der Waals surface area (Å²) >= 11 is 3.49. The van der Waals surface area contributed by atoms with Crippen LogP contribution in [0.3, 0.4) is 0 Å². The van der Waals surface area contributed by atoms with Gasteiger partial charge in [-0.1, -0.05) is 25.7 Å². The molecule has 0 spiro atoms. The van der Waals surface area contributed by atoms with Crippen LogP contribution in [0, 0.1) is 0 Å². The third kappa shape index (κ3) is 3.95. The van der Waals surface area contributed by atoms with Crippen molar-refractivity contribution in [2.75, 3.05) is 18.4 Å². The predicted molar refractivity (Wildman–Crippen MR) is 88.7 cm³/mol. The molecule has 0 radical (unpaired) electrons. The fourth-order valence-corrected chi connectivity index (χ4v) is 3.31. The summed E-state index contributed by atoms with van der Waals surface area (Å²) < 4.78 is 2.74. The molecule has 0 amide bonds. The highest BCUT2D eigenvalue weighted by Gasteiger charge is 2.11. The molecule has 1 aliphatic carbocycles. The Morgan fingerprint density at radius 1 is 1.19 bits per heavy atom. The summed E-state index contributed by atoms with van der Waals surface area (Å²) in [6.07, 6.45) is 10.1. The lowest BCUT2D eigenvalue weighted by molar-refractivity contribution is 0.468. The van der Waals surface area contributed by atoms with Crippen LogP contribution in [0.25, 0.3) is 5.65 Å². The first-order valence-electron chi connectivity index (χ1n) is 7.81. The molecule has 2 aromatic heterocycles. The number of nitrogens with one attached hydrogen (secondary N) is 2. The average molecular weight is 352 g/mol. The van der Waals surface area contributed by atoms with E-state index in [-0.39, 0.29) is 0 Å². The van der Waals surface area contributed by atoms with E-state index in [0.717, 1.165) is 23.2 Å². The molecule has 0 saturated heterocycles. The van der Waals surface area contributed by atoms with Crippen LogP contribution in [0.5, 0.6) is 0 Å². The number of hydrogen-bond acceptors (Lipinski definition) is 4. The van der Waals surface area contributed by atoms with Gasteiger partial charge in [0.25, 0.3) is 0 Å². The van der Waals surface area contributed by atoms with Crippen molar-refractivity contribution in [3.8, 4) is 0 Å². The number of hydrogen-bond donors (Lipinski definition) is 2. The van der Waals surface area contributed by atoms with Crippen molar-refractivity contribution in [2.24, 2.45) is 0 Å². The fraction of sp³-hybridized carbons (Fsp3) is 0.600. The average Bonchev–Trinajstić information content (AvgIpc) is 2.73. The Morgan fingerprint density at radius 3 is 2.76 bits per heavy atom. The van der Waals surface area contributed by atoms with Gasteiger partial charge >= 0.3 is 0 Å². The molecule has 1 fully saturated rings. The monoisotopic (exact) mass is 351 g/mol. The van der Waals surface area contributed by atoms with Gasteiger partial charge in [0.1, 0.15) is 0 Å². The summed E-state index contributed by atoms with van der Waals surface area (Å²) in [7, 11) is 0. The molecule has 0 aromatic carbocycles. The first-order chi connectivity index (χ1) is 10.3. The van der Waals surface area contributed by atoms with Gasteiger partial charge in [-0.15, -0.1) is 5.10 Å². The van der Waals surface area contributed by atoms with E-state index < -0.39 is 0 Å². The molecule has 114 valence electrons. The molecule has 21 heavy (non-hydrogen) atoms. The lowest BCUT2D eigenvalue weighted by Gasteiger charge is -2.15. The molecular formula is C15H22BrN5. The summed E-state index contributed by atoms with van der Waals surface area (Å²) in [6.45, 7) is 1.81. The van der Waals surface area contributed by atoms with Crippen LogP contribution < -0.4 is 10.6 Å². The summed E-state index contributed by atoms with van der Waals surface area (Å²) in [5.41, 5.74) is 0.844. The number of nitrogens with zero attached hydrogens (tertiary/aromatic N) is 3. The second-order valence-electron chi connectivity index (χ2n) is 5.63. The molecule has 0 bridgehead atoms. The Balaban J connectivity index is 1.47. The first-order valence-corrected chi connectivity index (χ1v) is 8.60. The minimum atomic E-state index is 0.685. The van der Waals surface area contributed by atoms with E-state index in [1.165, 1.54) is 38.5 Å². The zero-order valence-corrected chi connectivity index (χ0v) is 13.8. The minimum Gasteiger partial charge on any atom is -0.352 e. The smallest absolute Gasteiger partial charge is 0.243 e. The Bertz CT molecular complexity index is 574. The zero-order valence-electron chi connectivity index (χ0n) is 12.2. The van der Waals surface area contributed by atoms with Crippen molar-refractivity contribution < 1.29 is 0 Å². The van der Waals surface area contributed by atoms with Crippen LogP contribution in [0.15, 0.2) is 22.8 Å². The Labute approximate surface area is 133 Å². The summed E-state index contributed by atoms with van der Waals surface area (Å²) in [6, 6.07) is 4.61. The van der Waals surface area contributed by atoms with Gasteiger partial charge in [0, 0.05) is 25.3 Å². The van der Waals surface area contributed by atoms with Crippen LogP contribution in [0.2, 0.25) is 0 Å². The van der Waals surface area contributed by atoms with Crippen molar-refractivity contribution in [1.82, 2.24) is 19.9 Å². The predicted octanol–water partition coefficient (Wildman–Crippen LogP) is 3.22. The van der Waals surface area contributed by atoms with Crippen molar-refractivity contribution in [3.63, 3.8) is 0 Å². The third-order valence-electron chi connectivity index (χ3n) is 4.01. The molecule has 2 heterocycles. The van der Waals surface area contributed by atoms with E-state index in [1.807, 2.05) is 18.3 Å². The summed E-state index contributed by atoms with van der Waals surface area (Å²) in [5, 5.41) is 11.3. The summed E-state index contributed by atoms with van der Waals surface area (Å²) in [4.78, 5) is 4.48. The van der Waals surface area contributed by atoms with E-state index in [9.17, 15) is 0 Å². The second-order valence-corrected chi connectivity index (χ2v) is 6.48. The molecule has 0 atom stereocenters. The number of fused-ring (bicyclic) bond motifs is 1. The van der Waals surface area contributed by atoms with Gasteiger partial charge in [-0.3, -0.25) is 0 Å². The Hall–Kier alpha value is -1.14. The lowest BCUT2D eigenvalue weighted by Crippen LogP contribution is -2.32. The van der Waals surface area contributed by atoms with Crippen LogP contribution in [-0.2, 0) is 0 Å². The maximum Gasteiger partial charge on any atom is 0.243 e. The van der Waals surface area contributed by atoms with E-state index >= 15 is 0 Å². The third-order valence-corrected chi connectivity index (χ3v) is 4.63. The molecular weight excluding hydrogens is 330 g/mol. The van der Waals surface area contributed by atoms with Gasteiger partial charge in [0.2, 0.25) is 5.95 Å². The number of anilines is 1. The molecule has 0 unspecified atom stereocenters. The van der Waals surface area contributed by atoms with Crippen molar-refractivity contribution >= 4 is 27.5 Å². The van der Waals surface area contributed by atoms with Crippen molar-refractivity contribution in [1.29, 1.82) is 0 Å². The highest BCUT2D eigenvalue weighted by atomic mass is 79.9. The molecule has 0 aliphatic heterocycles. The molecule has 1 saturated carbocycles. The zero-order chi connectivity index (χ0) is 14.5. The maximum absolute atomic E-state index is 4.48. The SMILES string of the molecule is Brc1cccn2nc(NCCNC3CCCCCC3)nc12. The van der Waals surface area contributed by atoms with Crippen LogP contribution in [-0.4, -0.2) is 33.7 Å². The quantitative estimate of drug-likeness (QED) is 0.641. The van der Waals surface area contributed by atoms with Crippen molar-refractivity contribution in [3.05, 3.63) is 22.8 Å². The topological polar surface area (TPSA) is 54.2 Å². The molecule has 2 aromatic rings. The standard InChI is InChI=1S/C15H22BrN5/c16-13-8-5-11-21-14(13)19-15(20-21)18-10-9-17-12-6-3-1-2-4-7-12/h5,8,11-12,17H,1-4,6-7,9-10H2,(H,18,20). The van der Waals surface area contributed by atoms with Crippen LogP contribution in [0.1, 0.15) is 38.5 Å². The van der Waals surface area contributed by atoms with Gasteiger partial charge in [-0.05, 0) is 40.9 Å². The Kier molecular flexibility index (Phi) is 5.08. The number of aromatic nitrogens is 3. The van der Waals surface area contributed by atoms with Gasteiger partial charge < -0.3 is 10.6 Å². The largest absolute Gasteiger partial charge is 0.352 e. The number of halogens is 1. The normalized spacial score (nSPS) is 17.0. The van der Waals surface area contributed by atoms with Gasteiger partial charge in [0.15, 0.2) is 5.65 Å². The van der Waals surface area contributed by atoms with E-state index in [2.05, 4.69) is 36.6 Å². The van der Waals surface area contributed by atoms with E-state index in [0.29, 0.717) is 12.0 Å². The van der Waals surface area contributed by atoms with Crippen LogP contribution in [0.4, 0.5) is 5.95 Å². The van der Waals surface area contributed by atoms with E-state index in [4.69, 9.17) is 0 Å². The van der Waals surface area contributed by atoms with Crippen molar-refractivity contribution in [2.45, 2.75) is 44.6 Å². The minimum absolute atomic E-state index is 0.685. The Morgan fingerprint density at radius 2 is 2.00 bits per heavy atom. The van der Waals surface area contributed by atoms with E-state index in [1.54, 1.807) is 4.52 Å². The summed E-state index contributed by atoms with van der Waals surface area (Å²) in [5.74, 6) is 0.685. The molecule has 2 N–H and O–H groups in total. The van der Waals surface area contributed by atoms with Gasteiger partial charge in [-0.25, -0.2) is 4.52 Å². The molecule has 5 nitrogen and oxygen atoms in total. The number of rotatable bonds is 5.